The van der Waals surface area contributed by atoms with Crippen LogP contribution in [-0.2, 0) is 4.79 Å². The lowest BCUT2D eigenvalue weighted by Gasteiger charge is -2.42. The molecule has 0 aliphatic carbocycles. The second-order valence-electron chi connectivity index (χ2n) is 8.65. The maximum absolute atomic E-state index is 13.3. The van der Waals surface area contributed by atoms with Gasteiger partial charge < -0.3 is 25.2 Å². The fourth-order valence-corrected chi connectivity index (χ4v) is 3.68. The molecule has 1 aliphatic heterocycles. The molecule has 1 aromatic carbocycles. The van der Waals surface area contributed by atoms with Crippen LogP contribution in [0.15, 0.2) is 30.3 Å². The monoisotopic (exact) mass is 400 g/mol. The van der Waals surface area contributed by atoms with E-state index in [9.17, 15) is 19.5 Å². The van der Waals surface area contributed by atoms with Crippen molar-refractivity contribution in [2.45, 2.75) is 39.8 Å². The van der Waals surface area contributed by atoms with Crippen LogP contribution < -0.4 is 5.32 Å². The van der Waals surface area contributed by atoms with Gasteiger partial charge in [-0.15, -0.1) is 0 Å². The zero-order chi connectivity index (χ0) is 21.3. The molecule has 0 spiro atoms. The summed E-state index contributed by atoms with van der Waals surface area (Å²) in [7, 11) is 0. The Morgan fingerprint density at radius 2 is 1.90 bits per heavy atom. The topological polar surface area (TPSA) is 106 Å². The Bertz CT molecular complexity index is 897. The van der Waals surface area contributed by atoms with Gasteiger partial charge in [-0.2, -0.15) is 0 Å². The van der Waals surface area contributed by atoms with Gasteiger partial charge in [0.1, 0.15) is 11.7 Å². The lowest BCUT2D eigenvalue weighted by molar-refractivity contribution is -0.140. The number of H-pyrrole nitrogens is 1. The van der Waals surface area contributed by atoms with Crippen molar-refractivity contribution < 1.29 is 19.5 Å². The minimum absolute atomic E-state index is 0.195. The van der Waals surface area contributed by atoms with Gasteiger partial charge in [-0.3, -0.25) is 9.59 Å². The number of benzene rings is 1. The number of carbonyl (C=O) groups is 3. The molecule has 0 saturated carbocycles. The number of hydrogen-bond donors (Lipinski definition) is 3. The number of amides is 3. The SMILES string of the molecule is CC1CN(C(=O)O)CCN1C(=O)[C@@H](NC(=O)c1cc2ccccc2[nH]1)C(C)(C)C. The molecule has 1 fully saturated rings. The summed E-state index contributed by atoms with van der Waals surface area (Å²) in [6.45, 7) is 8.36. The highest BCUT2D eigenvalue weighted by Crippen LogP contribution is 2.24. The lowest BCUT2D eigenvalue weighted by atomic mass is 9.85. The standard InChI is InChI=1S/C21H28N4O4/c1-13-12-24(20(28)29)9-10-25(13)19(27)17(21(2,3)4)23-18(26)16-11-14-7-5-6-8-15(14)22-16/h5-8,11,13,17,22H,9-10,12H2,1-4H3,(H,23,26)(H,28,29)/t13?,17-/m1/s1. The molecule has 3 N–H and O–H groups in total. The zero-order valence-corrected chi connectivity index (χ0v) is 17.2. The van der Waals surface area contributed by atoms with Gasteiger partial charge in [-0.05, 0) is 24.5 Å². The van der Waals surface area contributed by atoms with Gasteiger partial charge in [0.2, 0.25) is 5.91 Å². The average molecular weight is 400 g/mol. The summed E-state index contributed by atoms with van der Waals surface area (Å²) in [4.78, 5) is 43.5. The first kappa shape index (κ1) is 20.7. The largest absolute Gasteiger partial charge is 0.465 e. The summed E-state index contributed by atoms with van der Waals surface area (Å²) >= 11 is 0. The van der Waals surface area contributed by atoms with E-state index in [-0.39, 0.29) is 30.9 Å². The molecule has 29 heavy (non-hydrogen) atoms. The molecule has 3 amide bonds. The van der Waals surface area contributed by atoms with E-state index in [2.05, 4.69) is 10.3 Å². The number of aromatic amines is 1. The quantitative estimate of drug-likeness (QED) is 0.736. The van der Waals surface area contributed by atoms with Crippen molar-refractivity contribution in [2.24, 2.45) is 5.41 Å². The van der Waals surface area contributed by atoms with Gasteiger partial charge >= 0.3 is 6.09 Å². The van der Waals surface area contributed by atoms with Gasteiger partial charge in [0.25, 0.3) is 5.91 Å². The van der Waals surface area contributed by atoms with E-state index in [0.717, 1.165) is 10.9 Å². The summed E-state index contributed by atoms with van der Waals surface area (Å²) in [5.41, 5.74) is 0.745. The van der Waals surface area contributed by atoms with Crippen molar-refractivity contribution in [1.29, 1.82) is 0 Å². The van der Waals surface area contributed by atoms with E-state index >= 15 is 0 Å². The molecule has 1 aliphatic rings. The van der Waals surface area contributed by atoms with Crippen LogP contribution in [0.5, 0.6) is 0 Å². The highest BCUT2D eigenvalue weighted by molar-refractivity contribution is 6.00. The van der Waals surface area contributed by atoms with Crippen LogP contribution in [0.1, 0.15) is 38.2 Å². The first-order chi connectivity index (χ1) is 13.6. The zero-order valence-electron chi connectivity index (χ0n) is 17.2. The van der Waals surface area contributed by atoms with Crippen LogP contribution in [0.25, 0.3) is 10.9 Å². The van der Waals surface area contributed by atoms with Crippen LogP contribution in [-0.4, -0.2) is 69.5 Å². The third-order valence-corrected chi connectivity index (χ3v) is 5.34. The van der Waals surface area contributed by atoms with E-state index in [1.807, 2.05) is 52.0 Å². The number of piperazine rings is 1. The van der Waals surface area contributed by atoms with Crippen LogP contribution in [0.2, 0.25) is 0 Å². The molecular weight excluding hydrogens is 372 g/mol. The molecule has 3 rings (SSSR count). The lowest BCUT2D eigenvalue weighted by Crippen LogP contribution is -2.61. The Morgan fingerprint density at radius 3 is 2.48 bits per heavy atom. The fraction of sp³-hybridized carbons (Fsp3) is 0.476. The van der Waals surface area contributed by atoms with Gasteiger partial charge in [-0.25, -0.2) is 4.79 Å². The number of hydrogen-bond acceptors (Lipinski definition) is 3. The molecule has 2 aromatic rings. The van der Waals surface area contributed by atoms with E-state index in [0.29, 0.717) is 12.2 Å². The van der Waals surface area contributed by atoms with Crippen molar-refractivity contribution in [2.75, 3.05) is 19.6 Å². The third kappa shape index (κ3) is 4.36. The molecule has 2 heterocycles. The molecular formula is C21H28N4O4. The molecule has 2 atom stereocenters. The Hall–Kier alpha value is -3.03. The van der Waals surface area contributed by atoms with Crippen LogP contribution in [0, 0.1) is 5.41 Å². The summed E-state index contributed by atoms with van der Waals surface area (Å²) in [6.07, 6.45) is -0.983. The molecule has 1 unspecified atom stereocenters. The van der Waals surface area contributed by atoms with Gasteiger partial charge in [-0.1, -0.05) is 39.0 Å². The smallest absolute Gasteiger partial charge is 0.407 e. The van der Waals surface area contributed by atoms with Crippen molar-refractivity contribution in [3.05, 3.63) is 36.0 Å². The predicted octanol–water partition coefficient (Wildman–Crippen LogP) is 2.52. The number of carboxylic acid groups (broad SMARTS) is 1. The Morgan fingerprint density at radius 1 is 1.21 bits per heavy atom. The minimum Gasteiger partial charge on any atom is -0.465 e. The summed E-state index contributed by atoms with van der Waals surface area (Å²) in [5.74, 6) is -0.536. The number of carbonyl (C=O) groups excluding carboxylic acids is 2. The number of nitrogens with one attached hydrogen (secondary N) is 2. The molecule has 1 saturated heterocycles. The van der Waals surface area contributed by atoms with E-state index in [1.54, 1.807) is 11.0 Å². The second kappa shape index (κ2) is 7.77. The van der Waals surface area contributed by atoms with Gasteiger partial charge in [0, 0.05) is 36.6 Å². The van der Waals surface area contributed by atoms with Crippen molar-refractivity contribution in [3.63, 3.8) is 0 Å². The van der Waals surface area contributed by atoms with E-state index in [1.165, 1.54) is 4.90 Å². The molecule has 8 heteroatoms. The first-order valence-electron chi connectivity index (χ1n) is 9.75. The Labute approximate surface area is 169 Å². The van der Waals surface area contributed by atoms with Crippen molar-refractivity contribution in [3.8, 4) is 0 Å². The Kier molecular flexibility index (Phi) is 5.55. The second-order valence-corrected chi connectivity index (χ2v) is 8.65. The number of fused-ring (bicyclic) bond motifs is 1. The van der Waals surface area contributed by atoms with Gasteiger partial charge in [0.15, 0.2) is 0 Å². The van der Waals surface area contributed by atoms with E-state index < -0.39 is 17.6 Å². The highest BCUT2D eigenvalue weighted by atomic mass is 16.4. The molecule has 156 valence electrons. The van der Waals surface area contributed by atoms with Gasteiger partial charge in [0.05, 0.1) is 0 Å². The molecule has 0 bridgehead atoms. The molecule has 0 radical (unpaired) electrons. The van der Waals surface area contributed by atoms with Crippen molar-refractivity contribution >= 4 is 28.8 Å². The minimum atomic E-state index is -0.983. The maximum Gasteiger partial charge on any atom is 0.407 e. The number of para-hydroxylation sites is 1. The predicted molar refractivity (Wildman–Crippen MR) is 110 cm³/mol. The highest BCUT2D eigenvalue weighted by Gasteiger charge is 2.39. The molecule has 8 nitrogen and oxygen atoms in total. The Balaban J connectivity index is 1.78. The van der Waals surface area contributed by atoms with E-state index in [4.69, 9.17) is 0 Å². The maximum atomic E-state index is 13.3. The summed E-state index contributed by atoms with van der Waals surface area (Å²) in [5, 5.41) is 13.0. The molecule has 1 aromatic heterocycles. The van der Waals surface area contributed by atoms with Crippen molar-refractivity contribution in [1.82, 2.24) is 20.1 Å². The third-order valence-electron chi connectivity index (χ3n) is 5.34. The van der Waals surface area contributed by atoms with Crippen LogP contribution in [0.4, 0.5) is 4.79 Å². The first-order valence-corrected chi connectivity index (χ1v) is 9.75. The normalized spacial score (nSPS) is 18.6. The van der Waals surface area contributed by atoms with Crippen LogP contribution in [0.3, 0.4) is 0 Å². The number of aromatic nitrogens is 1. The average Bonchev–Trinajstić information content (AvgIpc) is 3.08. The summed E-state index contributed by atoms with van der Waals surface area (Å²) < 4.78 is 0. The fourth-order valence-electron chi connectivity index (χ4n) is 3.68. The number of rotatable bonds is 3. The number of nitrogens with zero attached hydrogens (tertiary/aromatic N) is 2. The van der Waals surface area contributed by atoms with Crippen LogP contribution >= 0.6 is 0 Å². The summed E-state index contributed by atoms with van der Waals surface area (Å²) in [6, 6.07) is 8.36.